The maximum atomic E-state index is 12.2. The molecule has 1 aliphatic heterocycles. The van der Waals surface area contributed by atoms with Crippen molar-refractivity contribution >= 4 is 16.7 Å². The van der Waals surface area contributed by atoms with Gasteiger partial charge in [-0.15, -0.1) is 0 Å². The molecule has 5 heteroatoms. The lowest BCUT2D eigenvalue weighted by Gasteiger charge is -2.40. The molecule has 1 aromatic rings. The fourth-order valence-corrected chi connectivity index (χ4v) is 3.97. The molecule has 0 bridgehead atoms. The van der Waals surface area contributed by atoms with Crippen LogP contribution in [-0.2, 0) is 15.6 Å². The third kappa shape index (κ3) is 5.43. The molecule has 0 aromatic heterocycles. The Morgan fingerprint density at radius 1 is 1.26 bits per heavy atom. The van der Waals surface area contributed by atoms with E-state index in [1.807, 2.05) is 18.2 Å². The Balaban J connectivity index is 1.80. The molecule has 0 aliphatic carbocycles. The summed E-state index contributed by atoms with van der Waals surface area (Å²) in [4.78, 5) is 14.6. The van der Waals surface area contributed by atoms with E-state index in [4.69, 9.17) is 0 Å². The van der Waals surface area contributed by atoms with E-state index in [9.17, 15) is 9.00 Å². The number of amides is 1. The minimum Gasteiger partial charge on any atom is -0.354 e. The number of carbonyl (C=O) groups is 1. The van der Waals surface area contributed by atoms with Gasteiger partial charge in [-0.25, -0.2) is 0 Å². The first-order valence-electron chi connectivity index (χ1n) is 8.30. The number of nitrogens with zero attached hydrogens (tertiary/aromatic N) is 1. The number of benzene rings is 1. The highest BCUT2D eigenvalue weighted by molar-refractivity contribution is 7.85. The smallest absolute Gasteiger partial charge is 0.220 e. The van der Waals surface area contributed by atoms with Crippen molar-refractivity contribution in [3.05, 3.63) is 35.9 Å². The summed E-state index contributed by atoms with van der Waals surface area (Å²) in [5, 5.41) is 3.08. The summed E-state index contributed by atoms with van der Waals surface area (Å²) < 4.78 is 11.5. The first kappa shape index (κ1) is 18.1. The van der Waals surface area contributed by atoms with E-state index in [2.05, 4.69) is 43.1 Å². The molecule has 0 saturated carbocycles. The van der Waals surface area contributed by atoms with Gasteiger partial charge in [0.25, 0.3) is 0 Å². The van der Waals surface area contributed by atoms with Crippen LogP contribution in [0, 0.1) is 0 Å². The Morgan fingerprint density at radius 3 is 2.48 bits per heavy atom. The second kappa shape index (κ2) is 8.06. The summed E-state index contributed by atoms with van der Waals surface area (Å²) in [5.74, 6) is 1.79. The average molecular weight is 337 g/mol. The number of nitrogens with one attached hydrogen (secondary N) is 1. The summed E-state index contributed by atoms with van der Waals surface area (Å²) in [7, 11) is -0.666. The van der Waals surface area contributed by atoms with Gasteiger partial charge < -0.3 is 5.32 Å². The van der Waals surface area contributed by atoms with Crippen LogP contribution >= 0.6 is 0 Å². The van der Waals surface area contributed by atoms with Crippen molar-refractivity contribution in [3.63, 3.8) is 0 Å². The number of rotatable bonds is 6. The fraction of sp³-hybridized carbons (Fsp3) is 0.611. The van der Waals surface area contributed by atoms with Crippen LogP contribution in [0.1, 0.15) is 38.7 Å². The molecular formula is C18H28N2O2S. The molecule has 1 amide bonds. The summed E-state index contributed by atoms with van der Waals surface area (Å²) in [6.07, 6.45) is 0.504. The number of hydrogen-bond acceptors (Lipinski definition) is 3. The molecule has 1 saturated heterocycles. The molecule has 1 aromatic carbocycles. The maximum absolute atomic E-state index is 12.2. The van der Waals surface area contributed by atoms with Crippen molar-refractivity contribution in [2.75, 3.05) is 31.1 Å². The van der Waals surface area contributed by atoms with E-state index < -0.39 is 10.8 Å². The van der Waals surface area contributed by atoms with Gasteiger partial charge in [0.05, 0.1) is 0 Å². The molecule has 23 heavy (non-hydrogen) atoms. The summed E-state index contributed by atoms with van der Waals surface area (Å²) >= 11 is 0. The highest BCUT2D eigenvalue weighted by Gasteiger charge is 2.30. The van der Waals surface area contributed by atoms with Crippen LogP contribution in [-0.4, -0.2) is 51.7 Å². The van der Waals surface area contributed by atoms with Crippen molar-refractivity contribution < 1.29 is 9.00 Å². The summed E-state index contributed by atoms with van der Waals surface area (Å²) in [6, 6.07) is 10.1. The standard InChI is InChI=1S/C18H28N2O2S/c1-15(16-7-5-4-6-8-16)13-17(21)19-14-18(2,3)20-9-11-23(22)12-10-20/h4-8,15H,9-14H2,1-3H3,(H,19,21)/t15-/m1/s1. The fourth-order valence-electron chi connectivity index (χ4n) is 2.92. The molecule has 0 radical (unpaired) electrons. The highest BCUT2D eigenvalue weighted by Crippen LogP contribution is 2.19. The Kier molecular flexibility index (Phi) is 6.36. The summed E-state index contributed by atoms with van der Waals surface area (Å²) in [6.45, 7) is 8.68. The average Bonchev–Trinajstić information content (AvgIpc) is 2.54. The van der Waals surface area contributed by atoms with Gasteiger partial charge in [-0.3, -0.25) is 13.9 Å². The molecule has 1 heterocycles. The van der Waals surface area contributed by atoms with Crippen molar-refractivity contribution in [1.29, 1.82) is 0 Å². The summed E-state index contributed by atoms with van der Waals surface area (Å²) in [5.41, 5.74) is 1.09. The molecule has 1 atom stereocenters. The van der Waals surface area contributed by atoms with Crippen molar-refractivity contribution in [3.8, 4) is 0 Å². The monoisotopic (exact) mass is 336 g/mol. The maximum Gasteiger partial charge on any atom is 0.220 e. The van der Waals surface area contributed by atoms with Crippen molar-refractivity contribution in [1.82, 2.24) is 10.2 Å². The van der Waals surface area contributed by atoms with Gasteiger partial charge in [-0.1, -0.05) is 37.3 Å². The third-order valence-corrected chi connectivity index (χ3v) is 5.89. The van der Waals surface area contributed by atoms with Crippen LogP contribution in [0.25, 0.3) is 0 Å². The van der Waals surface area contributed by atoms with E-state index >= 15 is 0 Å². The van der Waals surface area contributed by atoms with Crippen LogP contribution in [0.2, 0.25) is 0 Å². The Labute approximate surface area is 142 Å². The minimum atomic E-state index is -0.666. The second-order valence-electron chi connectivity index (χ2n) is 6.94. The molecule has 1 fully saturated rings. The predicted octanol–water partition coefficient (Wildman–Crippen LogP) is 2.14. The van der Waals surface area contributed by atoms with Crippen molar-refractivity contribution in [2.45, 2.75) is 38.6 Å². The first-order chi connectivity index (χ1) is 10.9. The second-order valence-corrected chi connectivity index (χ2v) is 8.64. The molecule has 128 valence electrons. The molecule has 1 aliphatic rings. The van der Waals surface area contributed by atoms with Gasteiger partial charge in [-0.05, 0) is 25.3 Å². The zero-order valence-electron chi connectivity index (χ0n) is 14.4. The van der Waals surface area contributed by atoms with E-state index in [0.29, 0.717) is 13.0 Å². The van der Waals surface area contributed by atoms with E-state index in [1.54, 1.807) is 0 Å². The van der Waals surface area contributed by atoms with Crippen LogP contribution in [0.4, 0.5) is 0 Å². The molecule has 0 spiro atoms. The van der Waals surface area contributed by atoms with Gasteiger partial charge in [0.15, 0.2) is 0 Å². The Morgan fingerprint density at radius 2 is 1.87 bits per heavy atom. The van der Waals surface area contributed by atoms with Gasteiger partial charge in [-0.2, -0.15) is 0 Å². The zero-order chi connectivity index (χ0) is 16.9. The largest absolute Gasteiger partial charge is 0.354 e. The van der Waals surface area contributed by atoms with E-state index in [1.165, 1.54) is 5.56 Å². The lowest BCUT2D eigenvalue weighted by molar-refractivity contribution is -0.122. The lowest BCUT2D eigenvalue weighted by atomic mass is 9.97. The van der Waals surface area contributed by atoms with E-state index in [0.717, 1.165) is 24.6 Å². The highest BCUT2D eigenvalue weighted by atomic mass is 32.2. The van der Waals surface area contributed by atoms with Gasteiger partial charge in [0.1, 0.15) is 0 Å². The predicted molar refractivity (Wildman–Crippen MR) is 96.0 cm³/mol. The SMILES string of the molecule is C[C@H](CC(=O)NCC(C)(C)N1CCS(=O)CC1)c1ccccc1. The number of hydrogen-bond donors (Lipinski definition) is 1. The third-order valence-electron chi connectivity index (χ3n) is 4.61. The number of carbonyl (C=O) groups excluding carboxylic acids is 1. The molecular weight excluding hydrogens is 308 g/mol. The normalized spacial score (nSPS) is 18.6. The van der Waals surface area contributed by atoms with Crippen LogP contribution < -0.4 is 5.32 Å². The first-order valence-corrected chi connectivity index (χ1v) is 9.79. The quantitative estimate of drug-likeness (QED) is 0.866. The van der Waals surface area contributed by atoms with Gasteiger partial charge in [0, 0.05) is 53.9 Å². The molecule has 2 rings (SSSR count). The Hall–Kier alpha value is -1.20. The Bertz CT molecular complexity index is 535. The van der Waals surface area contributed by atoms with Gasteiger partial charge in [0.2, 0.25) is 5.91 Å². The van der Waals surface area contributed by atoms with Gasteiger partial charge >= 0.3 is 0 Å². The zero-order valence-corrected chi connectivity index (χ0v) is 15.2. The van der Waals surface area contributed by atoms with Crippen LogP contribution in [0.15, 0.2) is 30.3 Å². The lowest BCUT2D eigenvalue weighted by Crippen LogP contribution is -2.55. The molecule has 0 unspecified atom stereocenters. The molecule has 1 N–H and O–H groups in total. The van der Waals surface area contributed by atoms with Crippen LogP contribution in [0.5, 0.6) is 0 Å². The van der Waals surface area contributed by atoms with E-state index in [-0.39, 0.29) is 17.4 Å². The topological polar surface area (TPSA) is 49.4 Å². The molecule has 4 nitrogen and oxygen atoms in total. The van der Waals surface area contributed by atoms with Crippen molar-refractivity contribution in [2.24, 2.45) is 0 Å². The van der Waals surface area contributed by atoms with Crippen LogP contribution in [0.3, 0.4) is 0 Å². The minimum absolute atomic E-state index is 0.0926.